The van der Waals surface area contributed by atoms with E-state index in [0.29, 0.717) is 17.0 Å². The molecule has 5 heterocycles. The lowest BCUT2D eigenvalue weighted by atomic mass is 9.46. The van der Waals surface area contributed by atoms with Gasteiger partial charge in [0.15, 0.2) is 0 Å². The summed E-state index contributed by atoms with van der Waals surface area (Å²) in [5, 5.41) is 2.24. The van der Waals surface area contributed by atoms with Crippen molar-refractivity contribution in [1.29, 1.82) is 0 Å². The molecule has 0 saturated carbocycles. The Kier molecular flexibility index (Phi) is 6.94. The van der Waals surface area contributed by atoms with Crippen molar-refractivity contribution in [3.8, 4) is 45.3 Å². The molecule has 0 aliphatic carbocycles. The highest BCUT2D eigenvalue weighted by atomic mass is 16.5. The SMILES string of the molecule is [2H]C([2H])([2H])[n+]1[c-]n2c3c1ccn3B(c1c(-c3ccccc3)cccc1-c1ccccc1)c1ccc(Oc3ccc4c5ccccc5n(-c5cc(C(C)(C)C)ccn5)c4c3)cc1-2. The van der Waals surface area contributed by atoms with Gasteiger partial charge in [-0.15, -0.1) is 0 Å². The average molecular weight is 753 g/mol. The third kappa shape index (κ3) is 5.34. The first-order valence-corrected chi connectivity index (χ1v) is 19.7. The lowest BCUT2D eigenvalue weighted by molar-refractivity contribution is -0.649. The molecular weight excluding hydrogens is 709 g/mol. The highest BCUT2D eigenvalue weighted by molar-refractivity contribution is 6.87. The van der Waals surface area contributed by atoms with Crippen molar-refractivity contribution in [3.63, 3.8) is 0 Å². The predicted octanol–water partition coefficient (Wildman–Crippen LogP) is 9.94. The quantitative estimate of drug-likeness (QED) is 0.0965. The first-order chi connectivity index (χ1) is 29.5. The van der Waals surface area contributed by atoms with Gasteiger partial charge in [-0.3, -0.25) is 4.57 Å². The van der Waals surface area contributed by atoms with Crippen molar-refractivity contribution < 1.29 is 13.4 Å². The molecule has 0 amide bonds. The van der Waals surface area contributed by atoms with Gasteiger partial charge >= 0.3 is 6.85 Å². The minimum atomic E-state index is -2.45. The van der Waals surface area contributed by atoms with Crippen LogP contribution in [0.2, 0.25) is 0 Å². The maximum Gasteiger partial charge on any atom is 0.316 e. The van der Waals surface area contributed by atoms with E-state index in [-0.39, 0.29) is 12.3 Å². The van der Waals surface area contributed by atoms with Crippen molar-refractivity contribution in [1.82, 2.24) is 18.6 Å². The normalized spacial score (nSPS) is 13.4. The van der Waals surface area contributed by atoms with Crippen molar-refractivity contribution >= 4 is 50.7 Å². The van der Waals surface area contributed by atoms with Crippen LogP contribution in [0.5, 0.6) is 11.5 Å². The zero-order valence-corrected chi connectivity index (χ0v) is 32.4. The van der Waals surface area contributed by atoms with Gasteiger partial charge in [-0.25, -0.2) is 4.98 Å². The first kappa shape index (κ1) is 31.0. The van der Waals surface area contributed by atoms with Crippen LogP contribution >= 0.6 is 0 Å². The van der Waals surface area contributed by atoms with Gasteiger partial charge in [0.1, 0.15) is 23.0 Å². The van der Waals surface area contributed by atoms with E-state index in [9.17, 15) is 0 Å². The number of pyridine rings is 1. The van der Waals surface area contributed by atoms with Crippen molar-refractivity contribution in [3.05, 3.63) is 182 Å². The maximum atomic E-state index is 8.49. The third-order valence-electron chi connectivity index (χ3n) is 11.6. The summed E-state index contributed by atoms with van der Waals surface area (Å²) in [6, 6.07) is 54.3. The molecule has 1 aliphatic heterocycles. The van der Waals surface area contributed by atoms with E-state index in [1.54, 1.807) is 0 Å². The predicted molar refractivity (Wildman–Crippen MR) is 236 cm³/mol. The summed E-state index contributed by atoms with van der Waals surface area (Å²) in [6.07, 6.45) is 7.12. The van der Waals surface area contributed by atoms with Gasteiger partial charge in [0.25, 0.3) is 0 Å². The Morgan fingerprint density at radius 1 is 0.690 bits per heavy atom. The molecule has 1 aliphatic rings. The zero-order valence-electron chi connectivity index (χ0n) is 35.4. The van der Waals surface area contributed by atoms with Crippen LogP contribution in [-0.2, 0) is 12.4 Å². The van der Waals surface area contributed by atoms with E-state index in [1.165, 1.54) is 10.1 Å². The summed E-state index contributed by atoms with van der Waals surface area (Å²) < 4.78 is 39.8. The van der Waals surface area contributed by atoms with Crippen LogP contribution in [0, 0.1) is 6.33 Å². The van der Waals surface area contributed by atoms with E-state index in [1.807, 2.05) is 53.4 Å². The molecule has 0 saturated heterocycles. The van der Waals surface area contributed by atoms with E-state index in [2.05, 4.69) is 157 Å². The number of rotatable bonds is 6. The minimum Gasteiger partial charge on any atom is -0.458 e. The number of hydrogen-bond donors (Lipinski definition) is 0. The Labute approximate surface area is 342 Å². The molecule has 6 nitrogen and oxygen atoms in total. The molecule has 0 unspecified atom stereocenters. The van der Waals surface area contributed by atoms with E-state index < -0.39 is 6.98 Å². The van der Waals surface area contributed by atoms with Crippen LogP contribution in [0.1, 0.15) is 30.4 Å². The molecule has 7 heteroatoms. The molecule has 4 aromatic heterocycles. The van der Waals surface area contributed by atoms with E-state index in [4.69, 9.17) is 13.8 Å². The fourth-order valence-electron chi connectivity index (χ4n) is 8.87. The van der Waals surface area contributed by atoms with Gasteiger partial charge in [0.05, 0.1) is 33.3 Å². The minimum absolute atomic E-state index is 0.0456. The second-order valence-electron chi connectivity index (χ2n) is 16.1. The summed E-state index contributed by atoms with van der Waals surface area (Å²) in [5.41, 5.74) is 11.8. The highest BCUT2D eigenvalue weighted by Gasteiger charge is 2.36. The van der Waals surface area contributed by atoms with Crippen LogP contribution in [0.15, 0.2) is 170 Å². The number of fused-ring (bicyclic) bond motifs is 5. The van der Waals surface area contributed by atoms with E-state index in [0.717, 1.165) is 72.1 Å². The number of imidazole rings is 1. The standard InChI is InChI=1S/C51H40BN5O/c1-51(2,3)36-26-28-53-48(30-36)57-44-21-12-11-18-41(44)42-24-22-37(31-46(42)57)58-38-23-25-43-47(32-38)55-33-54(4)45-27-29-56(50(45)55)52(43)49-39(34-14-7-5-8-15-34)19-13-20-40(49)35-16-9-6-10-17-35/h5-32H,1-4H3/i4D3. The molecule has 0 N–H and O–H groups in total. The molecule has 10 aromatic rings. The number of para-hydroxylation sites is 1. The van der Waals surface area contributed by atoms with Gasteiger partial charge in [0.2, 0.25) is 6.33 Å². The number of ether oxygens (including phenoxy) is 1. The molecule has 278 valence electrons. The Bertz CT molecular complexity index is 3270. The van der Waals surface area contributed by atoms with Crippen molar-refractivity contribution in [2.24, 2.45) is 6.98 Å². The summed E-state index contributed by atoms with van der Waals surface area (Å²) >= 11 is 0. The van der Waals surface area contributed by atoms with Gasteiger partial charge in [-0.2, -0.15) is 0 Å². The second kappa shape index (κ2) is 13.0. The summed E-state index contributed by atoms with van der Waals surface area (Å²) in [5.74, 6) is 2.13. The zero-order chi connectivity index (χ0) is 41.6. The number of aromatic nitrogens is 5. The fourth-order valence-corrected chi connectivity index (χ4v) is 8.87. The molecule has 58 heavy (non-hydrogen) atoms. The van der Waals surface area contributed by atoms with Crippen LogP contribution in [0.25, 0.3) is 66.7 Å². The van der Waals surface area contributed by atoms with Crippen LogP contribution < -0.4 is 20.2 Å². The maximum absolute atomic E-state index is 8.49. The number of hydrogen-bond acceptors (Lipinski definition) is 2. The second-order valence-corrected chi connectivity index (χ2v) is 16.1. The monoisotopic (exact) mass is 752 g/mol. The topological polar surface area (TPSA) is 40.8 Å². The molecule has 0 fully saturated rings. The van der Waals surface area contributed by atoms with Crippen LogP contribution in [0.4, 0.5) is 0 Å². The summed E-state index contributed by atoms with van der Waals surface area (Å²) in [4.78, 5) is 4.86. The van der Waals surface area contributed by atoms with Gasteiger partial charge in [-0.05, 0) is 98.9 Å². The first-order valence-electron chi connectivity index (χ1n) is 21.2. The smallest absolute Gasteiger partial charge is 0.316 e. The van der Waals surface area contributed by atoms with Gasteiger partial charge < -0.3 is 18.3 Å². The Balaban J connectivity index is 1.10. The highest BCUT2D eigenvalue weighted by Crippen LogP contribution is 2.37. The molecule has 11 rings (SSSR count). The molecule has 0 radical (unpaired) electrons. The van der Waals surface area contributed by atoms with Gasteiger partial charge in [0, 0.05) is 23.0 Å². The summed E-state index contributed by atoms with van der Waals surface area (Å²) in [6.45, 7) is 3.87. The lowest BCUT2D eigenvalue weighted by Crippen LogP contribution is -2.53. The fraction of sp³-hybridized carbons (Fsp3) is 0.0980. The van der Waals surface area contributed by atoms with Crippen molar-refractivity contribution in [2.45, 2.75) is 26.2 Å². The van der Waals surface area contributed by atoms with Crippen LogP contribution in [-0.4, -0.2) is 25.4 Å². The Morgan fingerprint density at radius 2 is 1.38 bits per heavy atom. The van der Waals surface area contributed by atoms with E-state index >= 15 is 0 Å². The number of benzene rings is 6. The molecule has 6 aromatic carbocycles. The molecular formula is C51H40BN5O. The largest absolute Gasteiger partial charge is 0.458 e. The van der Waals surface area contributed by atoms with Crippen LogP contribution in [0.3, 0.4) is 0 Å². The van der Waals surface area contributed by atoms with Gasteiger partial charge in [-0.1, -0.05) is 124 Å². The molecule has 0 atom stereocenters. The lowest BCUT2D eigenvalue weighted by Gasteiger charge is -2.30. The molecule has 0 bridgehead atoms. The Morgan fingerprint density at radius 3 is 2.12 bits per heavy atom. The third-order valence-corrected chi connectivity index (χ3v) is 11.6. The Hall–Kier alpha value is -7.12. The molecule has 0 spiro atoms. The number of nitrogens with zero attached hydrogens (tertiary/aromatic N) is 5. The number of aryl methyl sites for hydroxylation is 1. The summed E-state index contributed by atoms with van der Waals surface area (Å²) in [7, 11) is 0. The van der Waals surface area contributed by atoms with Crippen molar-refractivity contribution in [2.75, 3.05) is 0 Å². The average Bonchev–Trinajstić information content (AvgIpc) is 3.97.